The number of oxime groups is 1. The van der Waals surface area contributed by atoms with E-state index < -0.39 is 5.60 Å². The molecule has 0 aromatic heterocycles. The van der Waals surface area contributed by atoms with Crippen molar-refractivity contribution in [3.63, 3.8) is 0 Å². The summed E-state index contributed by atoms with van der Waals surface area (Å²) in [5.74, 6) is 1.99. The van der Waals surface area contributed by atoms with Crippen LogP contribution in [0.25, 0.3) is 0 Å². The maximum absolute atomic E-state index is 12.2. The van der Waals surface area contributed by atoms with Crippen molar-refractivity contribution in [1.82, 2.24) is 0 Å². The SMILES string of the molecule is CC1C[C@@]2(C)[C@@H](CC[C@]2(C)O)[C@@H]2CCC3=CC(=O)C(=NO)C[C@]3(C)[C@@H]12. The summed E-state index contributed by atoms with van der Waals surface area (Å²) < 4.78 is 0. The molecule has 0 aliphatic heterocycles. The molecular formula is C21H31NO3. The van der Waals surface area contributed by atoms with E-state index in [9.17, 15) is 15.1 Å². The van der Waals surface area contributed by atoms with Crippen LogP contribution in [0.1, 0.15) is 66.2 Å². The van der Waals surface area contributed by atoms with Gasteiger partial charge in [-0.2, -0.15) is 0 Å². The van der Waals surface area contributed by atoms with Gasteiger partial charge < -0.3 is 10.3 Å². The van der Waals surface area contributed by atoms with Crippen molar-refractivity contribution in [3.05, 3.63) is 11.6 Å². The van der Waals surface area contributed by atoms with Gasteiger partial charge in [0, 0.05) is 6.42 Å². The Kier molecular flexibility index (Phi) is 3.58. The number of hydrogen-bond donors (Lipinski definition) is 2. The van der Waals surface area contributed by atoms with E-state index in [1.165, 1.54) is 5.57 Å². The van der Waals surface area contributed by atoms with Gasteiger partial charge in [0.05, 0.1) is 5.60 Å². The Morgan fingerprint density at radius 3 is 2.64 bits per heavy atom. The molecule has 0 radical (unpaired) electrons. The topological polar surface area (TPSA) is 69.9 Å². The molecule has 0 saturated heterocycles. The van der Waals surface area contributed by atoms with Gasteiger partial charge in [-0.05, 0) is 79.6 Å². The van der Waals surface area contributed by atoms with Gasteiger partial charge in [-0.3, -0.25) is 4.79 Å². The van der Waals surface area contributed by atoms with E-state index in [1.54, 1.807) is 6.08 Å². The first-order valence-electron chi connectivity index (χ1n) is 9.83. The smallest absolute Gasteiger partial charge is 0.203 e. The van der Waals surface area contributed by atoms with Crippen LogP contribution in [0.4, 0.5) is 0 Å². The van der Waals surface area contributed by atoms with Crippen LogP contribution in [-0.4, -0.2) is 27.4 Å². The summed E-state index contributed by atoms with van der Waals surface area (Å²) in [6, 6.07) is 0. The first-order valence-corrected chi connectivity index (χ1v) is 9.83. The third kappa shape index (κ3) is 2.09. The molecule has 0 heterocycles. The highest BCUT2D eigenvalue weighted by Crippen LogP contribution is 2.68. The molecule has 0 aromatic rings. The molecule has 0 aromatic carbocycles. The predicted molar refractivity (Wildman–Crippen MR) is 96.5 cm³/mol. The fraction of sp³-hybridized carbons (Fsp3) is 0.810. The third-order valence-electron chi connectivity index (χ3n) is 8.79. The monoisotopic (exact) mass is 345 g/mol. The number of carbonyl (C=O) groups excluding carboxylic acids is 1. The van der Waals surface area contributed by atoms with E-state index in [0.717, 1.165) is 32.1 Å². The molecular weight excluding hydrogens is 314 g/mol. The summed E-state index contributed by atoms with van der Waals surface area (Å²) in [7, 11) is 0. The lowest BCUT2D eigenvalue weighted by atomic mass is 9.44. The largest absolute Gasteiger partial charge is 0.411 e. The number of ketones is 1. The number of fused-ring (bicyclic) bond motifs is 5. The van der Waals surface area contributed by atoms with Crippen molar-refractivity contribution < 1.29 is 15.1 Å². The van der Waals surface area contributed by atoms with Crippen molar-refractivity contribution >= 4 is 11.5 Å². The highest BCUT2D eigenvalue weighted by Gasteiger charge is 2.64. The molecule has 7 atom stereocenters. The summed E-state index contributed by atoms with van der Waals surface area (Å²) in [6.45, 7) is 8.94. The van der Waals surface area contributed by atoms with Crippen molar-refractivity contribution in [3.8, 4) is 0 Å². The van der Waals surface area contributed by atoms with Crippen LogP contribution in [0.2, 0.25) is 0 Å². The standard InChI is InChI=1S/C21H31NO3/c1-12-10-20(3)15(7-8-21(20,4)24)14-6-5-13-9-17(23)16(22-25)11-19(13,2)18(12)14/h9,12,14-15,18,24-25H,5-8,10-11H2,1-4H3/t12?,14-,15-,18-,19-,20-,21-/m0/s1. The lowest BCUT2D eigenvalue weighted by Gasteiger charge is -2.61. The molecule has 2 N–H and O–H groups in total. The van der Waals surface area contributed by atoms with Gasteiger partial charge in [0.2, 0.25) is 5.78 Å². The normalized spacial score (nSPS) is 53.9. The number of rotatable bonds is 0. The van der Waals surface area contributed by atoms with Crippen LogP contribution in [-0.2, 0) is 4.79 Å². The molecule has 0 spiro atoms. The summed E-state index contributed by atoms with van der Waals surface area (Å²) in [5, 5.41) is 23.7. The fourth-order valence-electron chi connectivity index (χ4n) is 7.50. The second kappa shape index (κ2) is 5.18. The van der Waals surface area contributed by atoms with E-state index in [-0.39, 0.29) is 16.6 Å². The molecule has 4 aliphatic rings. The molecule has 25 heavy (non-hydrogen) atoms. The minimum atomic E-state index is -0.575. The van der Waals surface area contributed by atoms with E-state index in [0.29, 0.717) is 35.8 Å². The second-order valence-electron chi connectivity index (χ2n) is 9.92. The second-order valence-corrected chi connectivity index (χ2v) is 9.92. The van der Waals surface area contributed by atoms with Crippen molar-refractivity contribution in [1.29, 1.82) is 0 Å². The summed E-state index contributed by atoms with van der Waals surface area (Å²) in [5.41, 5.74) is 0.892. The zero-order valence-corrected chi connectivity index (χ0v) is 15.9. The third-order valence-corrected chi connectivity index (χ3v) is 8.79. The van der Waals surface area contributed by atoms with Crippen LogP contribution in [0.15, 0.2) is 16.8 Å². The molecule has 4 rings (SSSR count). The van der Waals surface area contributed by atoms with Gasteiger partial charge in [0.25, 0.3) is 0 Å². The Morgan fingerprint density at radius 2 is 1.96 bits per heavy atom. The first kappa shape index (κ1) is 17.3. The van der Waals surface area contributed by atoms with Crippen molar-refractivity contribution in [2.75, 3.05) is 0 Å². The van der Waals surface area contributed by atoms with Gasteiger partial charge in [-0.1, -0.05) is 31.5 Å². The summed E-state index contributed by atoms with van der Waals surface area (Å²) in [6.07, 6.45) is 7.42. The average Bonchev–Trinajstić information content (AvgIpc) is 2.76. The van der Waals surface area contributed by atoms with Crippen molar-refractivity contribution in [2.45, 2.75) is 71.8 Å². The van der Waals surface area contributed by atoms with Crippen molar-refractivity contribution in [2.24, 2.45) is 39.7 Å². The highest BCUT2D eigenvalue weighted by molar-refractivity contribution is 6.44. The molecule has 0 amide bonds. The summed E-state index contributed by atoms with van der Waals surface area (Å²) >= 11 is 0. The Hall–Kier alpha value is -1.16. The van der Waals surface area contributed by atoms with Gasteiger partial charge in [-0.25, -0.2) is 0 Å². The van der Waals surface area contributed by atoms with E-state index in [4.69, 9.17) is 0 Å². The Bertz CT molecular complexity index is 679. The maximum atomic E-state index is 12.2. The average molecular weight is 345 g/mol. The Balaban J connectivity index is 1.77. The highest BCUT2D eigenvalue weighted by atomic mass is 16.4. The number of aliphatic hydroxyl groups is 1. The van der Waals surface area contributed by atoms with Crippen LogP contribution < -0.4 is 0 Å². The number of hydrogen-bond acceptors (Lipinski definition) is 4. The fourth-order valence-corrected chi connectivity index (χ4v) is 7.50. The molecule has 3 fully saturated rings. The zero-order valence-electron chi connectivity index (χ0n) is 15.9. The molecule has 4 heteroatoms. The zero-order chi connectivity index (χ0) is 18.2. The number of nitrogens with zero attached hydrogens (tertiary/aromatic N) is 1. The van der Waals surface area contributed by atoms with Gasteiger partial charge in [0.1, 0.15) is 5.71 Å². The molecule has 0 bridgehead atoms. The predicted octanol–water partition coefficient (Wildman–Crippen LogP) is 3.96. The van der Waals surface area contributed by atoms with Crippen LogP contribution in [0.5, 0.6) is 0 Å². The maximum Gasteiger partial charge on any atom is 0.203 e. The molecule has 1 unspecified atom stereocenters. The minimum absolute atomic E-state index is 0.0104. The lowest BCUT2D eigenvalue weighted by Crippen LogP contribution is -2.57. The molecule has 138 valence electrons. The Labute approximate surface area is 150 Å². The van der Waals surface area contributed by atoms with E-state index >= 15 is 0 Å². The van der Waals surface area contributed by atoms with E-state index in [2.05, 4.69) is 25.9 Å². The molecule has 3 saturated carbocycles. The van der Waals surface area contributed by atoms with Gasteiger partial charge in [-0.15, -0.1) is 0 Å². The molecule has 4 nitrogen and oxygen atoms in total. The van der Waals surface area contributed by atoms with Gasteiger partial charge in [0.15, 0.2) is 0 Å². The van der Waals surface area contributed by atoms with Gasteiger partial charge >= 0.3 is 0 Å². The Morgan fingerprint density at radius 1 is 1.24 bits per heavy atom. The molecule has 4 aliphatic carbocycles. The lowest BCUT2D eigenvalue weighted by molar-refractivity contribution is -0.137. The first-order chi connectivity index (χ1) is 11.6. The van der Waals surface area contributed by atoms with Crippen LogP contribution >= 0.6 is 0 Å². The minimum Gasteiger partial charge on any atom is -0.411 e. The number of allylic oxidation sites excluding steroid dienone is 1. The number of carbonyl (C=O) groups is 1. The van der Waals surface area contributed by atoms with E-state index in [1.807, 2.05) is 6.92 Å². The van der Waals surface area contributed by atoms with Crippen LogP contribution in [0.3, 0.4) is 0 Å². The van der Waals surface area contributed by atoms with Crippen LogP contribution in [0, 0.1) is 34.5 Å². The summed E-state index contributed by atoms with van der Waals surface area (Å²) in [4.78, 5) is 12.2. The quantitative estimate of drug-likeness (QED) is 0.516.